The molecule has 1 heterocycles. The van der Waals surface area contributed by atoms with Gasteiger partial charge in [-0.25, -0.2) is 0 Å². The first kappa shape index (κ1) is 19.2. The summed E-state index contributed by atoms with van der Waals surface area (Å²) in [4.78, 5) is 4.90. The quantitative estimate of drug-likeness (QED) is 0.582. The molecule has 1 aliphatic heterocycles. The van der Waals surface area contributed by atoms with Crippen LogP contribution in [0.3, 0.4) is 0 Å². The second kappa shape index (κ2) is 8.80. The molecule has 3 nitrogen and oxygen atoms in total. The predicted octanol–water partition coefficient (Wildman–Crippen LogP) is 5.49. The van der Waals surface area contributed by atoms with Gasteiger partial charge in [0.1, 0.15) is 0 Å². The molecule has 0 radical (unpaired) electrons. The van der Waals surface area contributed by atoms with Crippen molar-refractivity contribution in [2.45, 2.75) is 65.3 Å². The molecule has 2 rings (SSSR count). The summed E-state index contributed by atoms with van der Waals surface area (Å²) in [5.74, 6) is 1.75. The zero-order valence-electron chi connectivity index (χ0n) is 15.8. The highest BCUT2D eigenvalue weighted by Crippen LogP contribution is 2.38. The number of unbranched alkanes of at least 4 members (excludes halogenated alkanes) is 2. The summed E-state index contributed by atoms with van der Waals surface area (Å²) in [6.07, 6.45) is 7.41. The SMILES string of the molecule is CCCCOc1cc2c(cc1OCCCC)C(SC)=NC(C)(C)C2. The third-order valence-corrected chi connectivity index (χ3v) is 4.83. The summed E-state index contributed by atoms with van der Waals surface area (Å²) >= 11 is 1.71. The number of rotatable bonds is 8. The molecule has 0 spiro atoms. The Morgan fingerprint density at radius 3 is 2.17 bits per heavy atom. The molecule has 0 fully saturated rings. The van der Waals surface area contributed by atoms with E-state index in [1.807, 2.05) is 0 Å². The zero-order chi connectivity index (χ0) is 17.6. The maximum Gasteiger partial charge on any atom is 0.161 e. The molecule has 1 aliphatic rings. The van der Waals surface area contributed by atoms with Gasteiger partial charge in [-0.05, 0) is 57.1 Å². The molecule has 0 saturated carbocycles. The van der Waals surface area contributed by atoms with Crippen molar-refractivity contribution in [3.63, 3.8) is 0 Å². The molecule has 0 N–H and O–H groups in total. The normalized spacial score (nSPS) is 15.6. The number of hydrogen-bond donors (Lipinski definition) is 0. The van der Waals surface area contributed by atoms with Crippen LogP contribution in [0.15, 0.2) is 17.1 Å². The Kier molecular flexibility index (Phi) is 7.02. The highest BCUT2D eigenvalue weighted by molar-refractivity contribution is 8.13. The Morgan fingerprint density at radius 1 is 1.04 bits per heavy atom. The van der Waals surface area contributed by atoms with Crippen molar-refractivity contribution in [2.24, 2.45) is 4.99 Å². The maximum atomic E-state index is 6.04. The molecule has 0 unspecified atom stereocenters. The van der Waals surface area contributed by atoms with Gasteiger partial charge >= 0.3 is 0 Å². The van der Waals surface area contributed by atoms with E-state index in [1.54, 1.807) is 11.8 Å². The number of fused-ring (bicyclic) bond motifs is 1. The Hall–Kier alpha value is -1.16. The van der Waals surface area contributed by atoms with E-state index in [0.717, 1.165) is 61.9 Å². The molecule has 0 bridgehead atoms. The number of nitrogens with zero attached hydrogens (tertiary/aromatic N) is 1. The van der Waals surface area contributed by atoms with Crippen LogP contribution >= 0.6 is 11.8 Å². The van der Waals surface area contributed by atoms with Gasteiger partial charge in [-0.15, -0.1) is 11.8 Å². The van der Waals surface area contributed by atoms with Crippen LogP contribution in [-0.4, -0.2) is 30.1 Å². The van der Waals surface area contributed by atoms with E-state index in [1.165, 1.54) is 11.1 Å². The van der Waals surface area contributed by atoms with E-state index in [4.69, 9.17) is 14.5 Å². The number of ether oxygens (including phenoxy) is 2. The summed E-state index contributed by atoms with van der Waals surface area (Å²) in [6, 6.07) is 4.32. The molecule has 0 aliphatic carbocycles. The van der Waals surface area contributed by atoms with Crippen molar-refractivity contribution in [1.82, 2.24) is 0 Å². The molecule has 4 heteroatoms. The summed E-state index contributed by atoms with van der Waals surface area (Å²) in [5.41, 5.74) is 2.46. The Bertz CT molecular complexity index is 581. The fourth-order valence-corrected chi connectivity index (χ4v) is 3.57. The molecule has 1 aromatic carbocycles. The molecule has 134 valence electrons. The van der Waals surface area contributed by atoms with E-state index < -0.39 is 0 Å². The van der Waals surface area contributed by atoms with Gasteiger partial charge in [-0.3, -0.25) is 4.99 Å². The first-order valence-corrected chi connectivity index (χ1v) is 10.3. The lowest BCUT2D eigenvalue weighted by atomic mass is 9.89. The average molecular weight is 350 g/mol. The first-order chi connectivity index (χ1) is 11.5. The molecule has 0 amide bonds. The number of thioether (sulfide) groups is 1. The van der Waals surface area contributed by atoms with Crippen molar-refractivity contribution in [3.8, 4) is 11.5 Å². The highest BCUT2D eigenvalue weighted by Gasteiger charge is 2.28. The monoisotopic (exact) mass is 349 g/mol. The van der Waals surface area contributed by atoms with E-state index in [0.29, 0.717) is 0 Å². The molecule has 0 atom stereocenters. The fourth-order valence-electron chi connectivity index (χ4n) is 2.82. The van der Waals surface area contributed by atoms with Crippen molar-refractivity contribution in [1.29, 1.82) is 0 Å². The zero-order valence-corrected chi connectivity index (χ0v) is 16.6. The van der Waals surface area contributed by atoms with Gasteiger partial charge in [0.25, 0.3) is 0 Å². The topological polar surface area (TPSA) is 30.8 Å². The van der Waals surface area contributed by atoms with E-state index in [9.17, 15) is 0 Å². The van der Waals surface area contributed by atoms with E-state index >= 15 is 0 Å². The third kappa shape index (κ3) is 4.92. The van der Waals surface area contributed by atoms with Crippen LogP contribution in [0.1, 0.15) is 64.5 Å². The lowest BCUT2D eigenvalue weighted by Gasteiger charge is -2.29. The van der Waals surface area contributed by atoms with E-state index in [-0.39, 0.29) is 5.54 Å². The van der Waals surface area contributed by atoms with Crippen LogP contribution in [-0.2, 0) is 6.42 Å². The van der Waals surface area contributed by atoms with Gasteiger partial charge in [-0.2, -0.15) is 0 Å². The third-order valence-electron chi connectivity index (χ3n) is 4.13. The average Bonchev–Trinajstić information content (AvgIpc) is 2.54. The summed E-state index contributed by atoms with van der Waals surface area (Å²) in [7, 11) is 0. The van der Waals surface area contributed by atoms with Crippen LogP contribution in [0, 0.1) is 0 Å². The van der Waals surface area contributed by atoms with Gasteiger partial charge in [0.2, 0.25) is 0 Å². The van der Waals surface area contributed by atoms with Crippen LogP contribution in [0.4, 0.5) is 0 Å². The van der Waals surface area contributed by atoms with Crippen molar-refractivity contribution in [3.05, 3.63) is 23.3 Å². The number of benzene rings is 1. The number of hydrogen-bond acceptors (Lipinski definition) is 4. The molecular weight excluding hydrogens is 318 g/mol. The second-order valence-corrected chi connectivity index (χ2v) is 7.77. The van der Waals surface area contributed by atoms with Crippen molar-refractivity contribution >= 4 is 16.8 Å². The van der Waals surface area contributed by atoms with Crippen LogP contribution in [0.2, 0.25) is 0 Å². The van der Waals surface area contributed by atoms with E-state index in [2.05, 4.69) is 46.1 Å². The lowest BCUT2D eigenvalue weighted by molar-refractivity contribution is 0.261. The Labute approximate surface area is 151 Å². The summed E-state index contributed by atoms with van der Waals surface area (Å²) in [6.45, 7) is 10.2. The van der Waals surface area contributed by atoms with Crippen LogP contribution in [0.25, 0.3) is 0 Å². The summed E-state index contributed by atoms with van der Waals surface area (Å²) in [5, 5.41) is 1.10. The molecule has 1 aromatic rings. The van der Waals surface area contributed by atoms with Gasteiger partial charge < -0.3 is 9.47 Å². The smallest absolute Gasteiger partial charge is 0.161 e. The minimum Gasteiger partial charge on any atom is -0.490 e. The van der Waals surface area contributed by atoms with Gasteiger partial charge in [0, 0.05) is 5.56 Å². The second-order valence-electron chi connectivity index (χ2n) is 6.97. The summed E-state index contributed by atoms with van der Waals surface area (Å²) < 4.78 is 12.1. The van der Waals surface area contributed by atoms with Gasteiger partial charge in [-0.1, -0.05) is 26.7 Å². The largest absolute Gasteiger partial charge is 0.490 e. The number of aliphatic imine (C=N–C) groups is 1. The highest BCUT2D eigenvalue weighted by atomic mass is 32.2. The molecular formula is C20H31NO2S. The first-order valence-electron chi connectivity index (χ1n) is 9.07. The maximum absolute atomic E-state index is 6.04. The standard InChI is InChI=1S/C20H31NO2S/c1-6-8-10-22-17-12-15-14-20(3,4)21-19(24-5)16(15)13-18(17)23-11-9-7-2/h12-13H,6-11,14H2,1-5H3. The van der Waals surface area contributed by atoms with Gasteiger partial charge in [0.15, 0.2) is 11.5 Å². The Balaban J connectivity index is 2.34. The predicted molar refractivity (Wildman–Crippen MR) is 105 cm³/mol. The minimum absolute atomic E-state index is 0.0589. The molecule has 0 saturated heterocycles. The minimum atomic E-state index is -0.0589. The molecule has 0 aromatic heterocycles. The Morgan fingerprint density at radius 2 is 1.62 bits per heavy atom. The van der Waals surface area contributed by atoms with Crippen molar-refractivity contribution in [2.75, 3.05) is 19.5 Å². The van der Waals surface area contributed by atoms with Crippen LogP contribution < -0.4 is 9.47 Å². The van der Waals surface area contributed by atoms with Crippen molar-refractivity contribution < 1.29 is 9.47 Å². The fraction of sp³-hybridized carbons (Fsp3) is 0.650. The van der Waals surface area contributed by atoms with Gasteiger partial charge in [0.05, 0.1) is 23.8 Å². The van der Waals surface area contributed by atoms with Crippen LogP contribution in [0.5, 0.6) is 11.5 Å². The molecule has 24 heavy (non-hydrogen) atoms. The lowest BCUT2D eigenvalue weighted by Crippen LogP contribution is -2.28.